The van der Waals surface area contributed by atoms with Gasteiger partial charge in [-0.25, -0.2) is 4.98 Å². The molecule has 1 aromatic carbocycles. The molecule has 27 heavy (non-hydrogen) atoms. The van der Waals surface area contributed by atoms with Gasteiger partial charge >= 0.3 is 0 Å². The minimum absolute atomic E-state index is 0.00488. The molecule has 1 atom stereocenters. The molecule has 0 saturated carbocycles. The van der Waals surface area contributed by atoms with E-state index in [9.17, 15) is 4.79 Å². The molecule has 0 spiro atoms. The van der Waals surface area contributed by atoms with Crippen molar-refractivity contribution in [2.75, 3.05) is 13.1 Å². The van der Waals surface area contributed by atoms with Gasteiger partial charge in [0.25, 0.3) is 5.91 Å². The number of rotatable bonds is 2. The third-order valence-corrected chi connectivity index (χ3v) is 5.43. The standard InChI is InChI=1S/C21H19N5O/c1-25-18-12-22-9-7-17(18)24-20(25)15-8-11-26(13-15)21(27)19-16-5-3-2-4-14(16)6-10-23-19/h2-7,9-10,12,15H,8,11,13H2,1H3/t15-/m1/s1. The molecule has 1 fully saturated rings. The minimum atomic E-state index is -0.00488. The molecule has 1 aliphatic rings. The van der Waals surface area contributed by atoms with E-state index < -0.39 is 0 Å². The number of fused-ring (bicyclic) bond motifs is 2. The van der Waals surface area contributed by atoms with Crippen LogP contribution in [0.4, 0.5) is 0 Å². The first-order valence-corrected chi connectivity index (χ1v) is 9.12. The monoisotopic (exact) mass is 357 g/mol. The molecule has 5 rings (SSSR count). The van der Waals surface area contributed by atoms with Crippen LogP contribution in [-0.2, 0) is 7.05 Å². The highest BCUT2D eigenvalue weighted by molar-refractivity contribution is 6.05. The normalized spacial score (nSPS) is 17.1. The fourth-order valence-electron chi connectivity index (χ4n) is 4.01. The maximum atomic E-state index is 13.1. The van der Waals surface area contributed by atoms with Gasteiger partial charge in [0.15, 0.2) is 0 Å². The number of carbonyl (C=O) groups excluding carboxylic acids is 1. The predicted octanol–water partition coefficient (Wildman–Crippen LogP) is 3.15. The van der Waals surface area contributed by atoms with Gasteiger partial charge in [-0.3, -0.25) is 14.8 Å². The van der Waals surface area contributed by atoms with Gasteiger partial charge in [-0.1, -0.05) is 24.3 Å². The van der Waals surface area contributed by atoms with E-state index >= 15 is 0 Å². The van der Waals surface area contributed by atoms with Gasteiger partial charge in [-0.2, -0.15) is 0 Å². The zero-order chi connectivity index (χ0) is 18.4. The lowest BCUT2D eigenvalue weighted by atomic mass is 10.1. The second-order valence-electron chi connectivity index (χ2n) is 7.01. The Kier molecular flexibility index (Phi) is 3.63. The van der Waals surface area contributed by atoms with Crippen molar-refractivity contribution in [1.29, 1.82) is 0 Å². The van der Waals surface area contributed by atoms with Gasteiger partial charge in [0.05, 0.1) is 17.2 Å². The second-order valence-corrected chi connectivity index (χ2v) is 7.01. The number of imidazole rings is 1. The van der Waals surface area contributed by atoms with Crippen molar-refractivity contribution in [2.45, 2.75) is 12.3 Å². The molecule has 6 heteroatoms. The van der Waals surface area contributed by atoms with Crippen molar-refractivity contribution in [3.05, 3.63) is 66.5 Å². The van der Waals surface area contributed by atoms with Crippen molar-refractivity contribution in [1.82, 2.24) is 24.4 Å². The molecule has 4 heterocycles. The van der Waals surface area contributed by atoms with Gasteiger partial charge in [0, 0.05) is 43.8 Å². The average molecular weight is 357 g/mol. The molecule has 0 radical (unpaired) electrons. The quantitative estimate of drug-likeness (QED) is 0.553. The number of aryl methyl sites for hydroxylation is 1. The zero-order valence-corrected chi connectivity index (χ0v) is 15.0. The van der Waals surface area contributed by atoms with Crippen molar-refractivity contribution >= 4 is 27.7 Å². The molecular formula is C21H19N5O. The highest BCUT2D eigenvalue weighted by Gasteiger charge is 2.32. The molecule has 0 bridgehead atoms. The lowest BCUT2D eigenvalue weighted by Gasteiger charge is -2.17. The molecule has 3 aromatic heterocycles. The maximum absolute atomic E-state index is 13.1. The molecular weight excluding hydrogens is 338 g/mol. The van der Waals surface area contributed by atoms with E-state index in [1.807, 2.05) is 54.5 Å². The first kappa shape index (κ1) is 15.9. The van der Waals surface area contributed by atoms with Crippen LogP contribution in [-0.4, -0.2) is 43.4 Å². The number of aromatic nitrogens is 4. The Morgan fingerprint density at radius 3 is 2.93 bits per heavy atom. The average Bonchev–Trinajstić information content (AvgIpc) is 3.32. The highest BCUT2D eigenvalue weighted by atomic mass is 16.2. The van der Waals surface area contributed by atoms with Crippen LogP contribution in [0.25, 0.3) is 21.8 Å². The fraction of sp³-hybridized carbons (Fsp3) is 0.238. The van der Waals surface area contributed by atoms with E-state index in [0.717, 1.165) is 40.6 Å². The Balaban J connectivity index is 1.44. The SMILES string of the molecule is Cn1c([C@@H]2CCN(C(=O)c3nccc4ccccc34)C2)nc2ccncc21. The summed E-state index contributed by atoms with van der Waals surface area (Å²) in [6.45, 7) is 1.38. The van der Waals surface area contributed by atoms with Crippen LogP contribution in [0.15, 0.2) is 55.0 Å². The van der Waals surface area contributed by atoms with Gasteiger partial charge in [-0.05, 0) is 23.9 Å². The number of pyridine rings is 2. The number of hydrogen-bond donors (Lipinski definition) is 0. The maximum Gasteiger partial charge on any atom is 0.273 e. The zero-order valence-electron chi connectivity index (χ0n) is 15.0. The molecule has 4 aromatic rings. The molecule has 1 amide bonds. The molecule has 1 saturated heterocycles. The van der Waals surface area contributed by atoms with Crippen LogP contribution in [0.1, 0.15) is 28.7 Å². The minimum Gasteiger partial charge on any atom is -0.337 e. The number of nitrogens with zero attached hydrogens (tertiary/aromatic N) is 5. The number of amides is 1. The smallest absolute Gasteiger partial charge is 0.273 e. The number of likely N-dealkylation sites (tertiary alicyclic amines) is 1. The van der Waals surface area contributed by atoms with Crippen LogP contribution >= 0.6 is 0 Å². The molecule has 0 N–H and O–H groups in total. The lowest BCUT2D eigenvalue weighted by molar-refractivity contribution is 0.0787. The van der Waals surface area contributed by atoms with Crippen LogP contribution < -0.4 is 0 Å². The van der Waals surface area contributed by atoms with Crippen LogP contribution in [0.5, 0.6) is 0 Å². The van der Waals surface area contributed by atoms with E-state index in [0.29, 0.717) is 12.2 Å². The highest BCUT2D eigenvalue weighted by Crippen LogP contribution is 2.30. The Morgan fingerprint density at radius 1 is 1.15 bits per heavy atom. The Morgan fingerprint density at radius 2 is 2.04 bits per heavy atom. The molecule has 0 aliphatic carbocycles. The second kappa shape index (κ2) is 6.16. The Labute approximate surface area is 156 Å². The molecule has 1 aliphatic heterocycles. The summed E-state index contributed by atoms with van der Waals surface area (Å²) in [5.41, 5.74) is 2.50. The van der Waals surface area contributed by atoms with Gasteiger partial charge < -0.3 is 9.47 Å². The topological polar surface area (TPSA) is 63.9 Å². The first-order chi connectivity index (χ1) is 13.2. The first-order valence-electron chi connectivity index (χ1n) is 9.12. The van der Waals surface area contributed by atoms with Crippen LogP contribution in [0, 0.1) is 0 Å². The fourth-order valence-corrected chi connectivity index (χ4v) is 4.01. The van der Waals surface area contributed by atoms with Gasteiger partial charge in [0.1, 0.15) is 11.5 Å². The summed E-state index contributed by atoms with van der Waals surface area (Å²) in [5, 5.41) is 1.94. The van der Waals surface area contributed by atoms with Crippen molar-refractivity contribution in [2.24, 2.45) is 7.05 Å². The van der Waals surface area contributed by atoms with E-state index in [-0.39, 0.29) is 11.8 Å². The van der Waals surface area contributed by atoms with E-state index in [4.69, 9.17) is 4.98 Å². The number of benzene rings is 1. The Bertz CT molecular complexity index is 1160. The summed E-state index contributed by atoms with van der Waals surface area (Å²) in [4.78, 5) is 28.4. The van der Waals surface area contributed by atoms with E-state index in [1.165, 1.54) is 0 Å². The number of carbonyl (C=O) groups is 1. The summed E-state index contributed by atoms with van der Waals surface area (Å²) < 4.78 is 2.09. The van der Waals surface area contributed by atoms with E-state index in [1.54, 1.807) is 12.4 Å². The van der Waals surface area contributed by atoms with E-state index in [2.05, 4.69) is 14.5 Å². The van der Waals surface area contributed by atoms with Crippen molar-refractivity contribution < 1.29 is 4.79 Å². The number of hydrogen-bond acceptors (Lipinski definition) is 4. The molecule has 6 nitrogen and oxygen atoms in total. The third kappa shape index (κ3) is 2.56. The summed E-state index contributed by atoms with van der Waals surface area (Å²) in [6, 6.07) is 11.8. The van der Waals surface area contributed by atoms with Gasteiger partial charge in [0.2, 0.25) is 0 Å². The van der Waals surface area contributed by atoms with Crippen molar-refractivity contribution in [3.63, 3.8) is 0 Å². The largest absolute Gasteiger partial charge is 0.337 e. The molecule has 134 valence electrons. The summed E-state index contributed by atoms with van der Waals surface area (Å²) in [7, 11) is 2.02. The third-order valence-electron chi connectivity index (χ3n) is 5.43. The van der Waals surface area contributed by atoms with Crippen LogP contribution in [0.3, 0.4) is 0 Å². The van der Waals surface area contributed by atoms with Crippen molar-refractivity contribution in [3.8, 4) is 0 Å². The van der Waals surface area contributed by atoms with Crippen LogP contribution in [0.2, 0.25) is 0 Å². The summed E-state index contributed by atoms with van der Waals surface area (Å²) in [6.07, 6.45) is 6.21. The summed E-state index contributed by atoms with van der Waals surface area (Å²) >= 11 is 0. The lowest BCUT2D eigenvalue weighted by Crippen LogP contribution is -2.29. The summed E-state index contributed by atoms with van der Waals surface area (Å²) in [5.74, 6) is 1.23. The molecule has 0 unspecified atom stereocenters. The Hall–Kier alpha value is -3.28. The predicted molar refractivity (Wildman–Crippen MR) is 104 cm³/mol. The van der Waals surface area contributed by atoms with Gasteiger partial charge in [-0.15, -0.1) is 0 Å².